The molecule has 1 unspecified atom stereocenters. The van der Waals surface area contributed by atoms with Crippen LogP contribution < -0.4 is 16.4 Å². The zero-order chi connectivity index (χ0) is 23.4. The average molecular weight is 468 g/mol. The lowest BCUT2D eigenvalue weighted by molar-refractivity contribution is 0.100. The van der Waals surface area contributed by atoms with Gasteiger partial charge in [-0.05, 0) is 42.0 Å². The predicted molar refractivity (Wildman–Crippen MR) is 126 cm³/mol. The van der Waals surface area contributed by atoms with Crippen molar-refractivity contribution in [3.8, 4) is 0 Å². The Morgan fingerprint density at radius 2 is 2.00 bits per heavy atom. The van der Waals surface area contributed by atoms with Gasteiger partial charge in [-0.15, -0.1) is 0 Å². The molecule has 1 aromatic carbocycles. The number of benzene rings is 1. The highest BCUT2D eigenvalue weighted by Gasteiger charge is 2.25. The molecule has 2 aliphatic carbocycles. The van der Waals surface area contributed by atoms with Crippen molar-refractivity contribution in [1.29, 1.82) is 0 Å². The minimum absolute atomic E-state index is 0.164. The monoisotopic (exact) mass is 467 g/mol. The second kappa shape index (κ2) is 9.55. The Morgan fingerprint density at radius 1 is 1.24 bits per heavy atom. The maximum atomic E-state index is 11.8. The molecule has 33 heavy (non-hydrogen) atoms. The normalized spacial score (nSPS) is 19.2. The fourth-order valence-electron chi connectivity index (χ4n) is 3.30. The third-order valence-corrected chi connectivity index (χ3v) is 5.61. The Morgan fingerprint density at radius 3 is 2.67 bits per heavy atom. The Balaban J connectivity index is 1.54. The number of nitrogens with one attached hydrogen (secondary N) is 2. The van der Waals surface area contributed by atoms with E-state index < -0.39 is 22.1 Å². The highest BCUT2D eigenvalue weighted by molar-refractivity contribution is 7.86. The van der Waals surface area contributed by atoms with E-state index in [1.807, 2.05) is 42.5 Å². The van der Waals surface area contributed by atoms with Gasteiger partial charge in [0.05, 0.1) is 11.8 Å². The molecule has 1 heterocycles. The van der Waals surface area contributed by atoms with Gasteiger partial charge < -0.3 is 16.4 Å². The Labute approximate surface area is 192 Å². The van der Waals surface area contributed by atoms with Crippen molar-refractivity contribution in [2.45, 2.75) is 25.5 Å². The molecule has 9 nitrogen and oxygen atoms in total. The summed E-state index contributed by atoms with van der Waals surface area (Å²) in [5.74, 6) is 0.327. The number of rotatable bonds is 9. The average Bonchev–Trinajstić information content (AvgIpc) is 3.58. The second-order valence-electron chi connectivity index (χ2n) is 7.96. The topological polar surface area (TPSA) is 136 Å². The van der Waals surface area contributed by atoms with E-state index in [0.29, 0.717) is 24.0 Å². The molecule has 0 spiro atoms. The molecular weight excluding hydrogens is 442 g/mol. The first-order valence-electron chi connectivity index (χ1n) is 10.5. The fraction of sp³-hybridized carbons (Fsp3) is 0.261. The van der Waals surface area contributed by atoms with Gasteiger partial charge in [0.1, 0.15) is 11.9 Å². The van der Waals surface area contributed by atoms with Crippen LogP contribution in [0.1, 0.15) is 28.8 Å². The Kier molecular flexibility index (Phi) is 6.57. The van der Waals surface area contributed by atoms with Crippen LogP contribution in [0.2, 0.25) is 0 Å². The van der Waals surface area contributed by atoms with E-state index in [9.17, 15) is 13.2 Å². The van der Waals surface area contributed by atoms with Crippen LogP contribution in [-0.2, 0) is 20.8 Å². The van der Waals surface area contributed by atoms with E-state index in [0.717, 1.165) is 30.2 Å². The van der Waals surface area contributed by atoms with Crippen molar-refractivity contribution in [2.24, 2.45) is 11.7 Å². The van der Waals surface area contributed by atoms with Gasteiger partial charge in [-0.2, -0.15) is 13.4 Å². The lowest BCUT2D eigenvalue weighted by atomic mass is 10.0. The molecule has 2 aromatic rings. The number of carbonyl (C=O) groups excluding carboxylic acids is 1. The summed E-state index contributed by atoms with van der Waals surface area (Å²) in [5, 5.41) is 6.17. The van der Waals surface area contributed by atoms with E-state index in [1.165, 1.54) is 6.20 Å². The van der Waals surface area contributed by atoms with Crippen LogP contribution in [0.5, 0.6) is 0 Å². The first-order valence-corrected chi connectivity index (χ1v) is 12.3. The number of hydrogen-bond acceptors (Lipinski definition) is 8. The molecule has 0 aliphatic heterocycles. The van der Waals surface area contributed by atoms with Crippen LogP contribution in [0.15, 0.2) is 72.1 Å². The van der Waals surface area contributed by atoms with Gasteiger partial charge in [0.15, 0.2) is 0 Å². The summed E-state index contributed by atoms with van der Waals surface area (Å²) in [5.41, 5.74) is 8.01. The first kappa shape index (κ1) is 22.7. The van der Waals surface area contributed by atoms with Crippen LogP contribution in [-0.4, -0.2) is 36.7 Å². The van der Waals surface area contributed by atoms with Gasteiger partial charge in [0.2, 0.25) is 5.95 Å². The fourth-order valence-corrected chi connectivity index (χ4v) is 3.85. The van der Waals surface area contributed by atoms with Gasteiger partial charge in [0, 0.05) is 18.4 Å². The predicted octanol–water partition coefficient (Wildman–Crippen LogP) is 2.73. The molecule has 10 heteroatoms. The Hall–Kier alpha value is -3.50. The van der Waals surface area contributed by atoms with Crippen molar-refractivity contribution in [3.05, 3.63) is 83.2 Å². The summed E-state index contributed by atoms with van der Waals surface area (Å²) in [6.07, 6.45) is 11.2. The number of allylic oxidation sites excluding steroid dienone is 2. The zero-order valence-electron chi connectivity index (χ0n) is 18.1. The molecule has 2 aliphatic rings. The third kappa shape index (κ3) is 6.50. The highest BCUT2D eigenvalue weighted by Crippen LogP contribution is 2.34. The molecule has 1 atom stereocenters. The van der Waals surface area contributed by atoms with E-state index >= 15 is 0 Å². The van der Waals surface area contributed by atoms with E-state index in [1.54, 1.807) is 12.2 Å². The summed E-state index contributed by atoms with van der Waals surface area (Å²) >= 11 is 0. The number of hydrogen-bond donors (Lipinski definition) is 3. The van der Waals surface area contributed by atoms with Gasteiger partial charge in [-0.1, -0.05) is 42.5 Å². The van der Waals surface area contributed by atoms with Crippen molar-refractivity contribution in [1.82, 2.24) is 9.97 Å². The number of carbonyl (C=O) groups is 1. The molecule has 172 valence electrons. The maximum Gasteiger partial charge on any atom is 0.265 e. The number of aromatic nitrogens is 2. The molecule has 4 rings (SSSR count). The minimum Gasteiger partial charge on any atom is -0.365 e. The molecule has 1 fully saturated rings. The molecule has 1 saturated carbocycles. The molecule has 1 aromatic heterocycles. The standard InChI is InChI=1S/C23H25N5O4S/c1-33(30,31)32-20-12-18(10-9-17(20)11-15-7-8-15)27-23-26-14-19(21(24)29)22(28-23)25-13-16-5-3-2-4-6-16/h2-6,9-12,14-15,20H,7-8,13H2,1H3,(H2,24,29)(H2,25,26,27,28). The summed E-state index contributed by atoms with van der Waals surface area (Å²) < 4.78 is 28.8. The largest absolute Gasteiger partial charge is 0.365 e. The minimum atomic E-state index is -3.66. The maximum absolute atomic E-state index is 11.8. The molecular formula is C23H25N5O4S. The number of amides is 1. The Bertz CT molecular complexity index is 1230. The lowest BCUT2D eigenvalue weighted by Crippen LogP contribution is -2.21. The summed E-state index contributed by atoms with van der Waals surface area (Å²) in [4.78, 5) is 20.4. The molecule has 0 radical (unpaired) electrons. The van der Waals surface area contributed by atoms with Gasteiger partial charge in [-0.3, -0.25) is 8.98 Å². The summed E-state index contributed by atoms with van der Waals surface area (Å²) in [6.45, 7) is 0.444. The highest BCUT2D eigenvalue weighted by atomic mass is 32.2. The van der Waals surface area contributed by atoms with Crippen LogP contribution in [0.4, 0.5) is 11.8 Å². The summed E-state index contributed by atoms with van der Waals surface area (Å²) in [7, 11) is -3.66. The van der Waals surface area contributed by atoms with Crippen LogP contribution >= 0.6 is 0 Å². The van der Waals surface area contributed by atoms with Gasteiger partial charge >= 0.3 is 0 Å². The smallest absolute Gasteiger partial charge is 0.265 e. The molecule has 1 amide bonds. The quantitative estimate of drug-likeness (QED) is 0.479. The van der Waals surface area contributed by atoms with Crippen molar-refractivity contribution < 1.29 is 17.4 Å². The van der Waals surface area contributed by atoms with Crippen LogP contribution in [0, 0.1) is 5.92 Å². The van der Waals surface area contributed by atoms with Crippen molar-refractivity contribution in [3.63, 3.8) is 0 Å². The van der Waals surface area contributed by atoms with Gasteiger partial charge in [-0.25, -0.2) is 4.98 Å². The van der Waals surface area contributed by atoms with E-state index in [2.05, 4.69) is 20.6 Å². The first-order chi connectivity index (χ1) is 15.8. The SMILES string of the molecule is CS(=O)(=O)OC1C=C(Nc2ncc(C(N)=O)c(NCc3ccccc3)n2)C=CC1=CC1CC1. The van der Waals surface area contributed by atoms with E-state index in [-0.39, 0.29) is 11.5 Å². The number of anilines is 2. The van der Waals surface area contributed by atoms with E-state index in [4.69, 9.17) is 9.92 Å². The third-order valence-electron chi connectivity index (χ3n) is 5.06. The number of nitrogens with two attached hydrogens (primary N) is 1. The number of primary amides is 1. The molecule has 0 saturated heterocycles. The number of nitrogens with zero attached hydrogens (tertiary/aromatic N) is 2. The second-order valence-corrected chi connectivity index (χ2v) is 9.57. The molecule has 4 N–H and O–H groups in total. The van der Waals surface area contributed by atoms with Gasteiger partial charge in [0.25, 0.3) is 16.0 Å². The van der Waals surface area contributed by atoms with Crippen LogP contribution in [0.25, 0.3) is 0 Å². The van der Waals surface area contributed by atoms with Crippen molar-refractivity contribution >= 4 is 27.8 Å². The van der Waals surface area contributed by atoms with Crippen molar-refractivity contribution in [2.75, 3.05) is 16.9 Å². The summed E-state index contributed by atoms with van der Waals surface area (Å²) in [6, 6.07) is 9.65. The van der Waals surface area contributed by atoms with Crippen LogP contribution in [0.3, 0.4) is 0 Å². The zero-order valence-corrected chi connectivity index (χ0v) is 18.9. The lowest BCUT2D eigenvalue weighted by Gasteiger charge is -2.20. The molecule has 0 bridgehead atoms.